The molecule has 0 spiro atoms. The molecule has 12 heteroatoms. The summed E-state index contributed by atoms with van der Waals surface area (Å²) in [7, 11) is 0. The molecule has 2 heterocycles. The second-order valence-electron chi connectivity index (χ2n) is 11.6. The molecule has 2 aromatic heterocycles. The van der Waals surface area contributed by atoms with Crippen molar-refractivity contribution in [2.24, 2.45) is 0 Å². The second kappa shape index (κ2) is 12.9. The molecule has 5 rings (SSSR count). The average Bonchev–Trinajstić information content (AvgIpc) is 3.38. The van der Waals surface area contributed by atoms with Gasteiger partial charge in [-0.25, -0.2) is 9.48 Å². The van der Waals surface area contributed by atoms with Gasteiger partial charge in [-0.2, -0.15) is 5.10 Å². The Morgan fingerprint density at radius 2 is 1.77 bits per heavy atom. The van der Waals surface area contributed by atoms with Crippen LogP contribution >= 0.6 is 23.2 Å². The van der Waals surface area contributed by atoms with Gasteiger partial charge in [0.1, 0.15) is 29.0 Å². The Balaban J connectivity index is 1.33. The number of anilines is 1. The lowest BCUT2D eigenvalue weighted by Gasteiger charge is -2.32. The van der Waals surface area contributed by atoms with Gasteiger partial charge in [-0.15, -0.1) is 0 Å². The van der Waals surface area contributed by atoms with Gasteiger partial charge in [0.25, 0.3) is 0 Å². The molecule has 230 valence electrons. The largest absolute Gasteiger partial charge is 0.484 e. The van der Waals surface area contributed by atoms with Gasteiger partial charge in [-0.05, 0) is 48.2 Å². The van der Waals surface area contributed by atoms with Crippen molar-refractivity contribution in [1.29, 1.82) is 10.8 Å². The number of carbonyl (C=O) groups excluding carboxylic acids is 1. The van der Waals surface area contributed by atoms with Gasteiger partial charge in [-0.3, -0.25) is 20.7 Å². The third kappa shape index (κ3) is 6.67. The SMILES string of the molecule is CC(C)(C)c1cc(NC(=O)N[C@H]2CC[C@@H](Oc3ccc(=N)n(C(=N)c4c(Cl)cccc4Cl)c3)c3ccccc32)n(CCO)n1. The molecule has 44 heavy (non-hydrogen) atoms. The van der Waals surface area contributed by atoms with E-state index in [2.05, 4.69) is 15.7 Å². The highest BCUT2D eigenvalue weighted by molar-refractivity contribution is 6.40. The van der Waals surface area contributed by atoms with Crippen LogP contribution in [-0.2, 0) is 12.0 Å². The molecule has 1 aliphatic rings. The van der Waals surface area contributed by atoms with Crippen molar-refractivity contribution in [3.63, 3.8) is 0 Å². The van der Waals surface area contributed by atoms with Crippen LogP contribution in [0.3, 0.4) is 0 Å². The molecule has 0 saturated heterocycles. The van der Waals surface area contributed by atoms with Crippen molar-refractivity contribution < 1.29 is 14.6 Å². The molecule has 2 amide bonds. The van der Waals surface area contributed by atoms with Crippen molar-refractivity contribution in [3.8, 4) is 5.75 Å². The van der Waals surface area contributed by atoms with Crippen LogP contribution in [0.1, 0.15) is 68.1 Å². The first-order valence-corrected chi connectivity index (χ1v) is 15.0. The molecular weight excluding hydrogens is 601 g/mol. The molecule has 0 radical (unpaired) electrons. The number of ether oxygens (including phenoxy) is 1. The van der Waals surface area contributed by atoms with Crippen molar-refractivity contribution in [1.82, 2.24) is 19.7 Å². The molecule has 2 atom stereocenters. The summed E-state index contributed by atoms with van der Waals surface area (Å²) in [6.07, 6.45) is 2.52. The number of hydrogen-bond donors (Lipinski definition) is 5. The van der Waals surface area contributed by atoms with Crippen LogP contribution in [0, 0.1) is 10.8 Å². The van der Waals surface area contributed by atoms with Gasteiger partial charge in [0.15, 0.2) is 0 Å². The predicted octanol–water partition coefficient (Wildman–Crippen LogP) is 6.41. The van der Waals surface area contributed by atoms with Gasteiger partial charge >= 0.3 is 6.03 Å². The van der Waals surface area contributed by atoms with Gasteiger partial charge in [0, 0.05) is 11.5 Å². The highest BCUT2D eigenvalue weighted by Gasteiger charge is 2.30. The summed E-state index contributed by atoms with van der Waals surface area (Å²) in [5.41, 5.74) is 2.89. The molecule has 4 aromatic rings. The van der Waals surface area contributed by atoms with E-state index < -0.39 is 0 Å². The quantitative estimate of drug-likeness (QED) is 0.118. The Morgan fingerprint density at radius 1 is 1.07 bits per heavy atom. The van der Waals surface area contributed by atoms with Crippen LogP contribution in [0.4, 0.5) is 10.6 Å². The Bertz CT molecular complexity index is 1740. The average molecular weight is 637 g/mol. The minimum absolute atomic E-state index is 0.0367. The van der Waals surface area contributed by atoms with Crippen LogP contribution in [-0.4, -0.2) is 37.9 Å². The van der Waals surface area contributed by atoms with Gasteiger partial charge in [0.2, 0.25) is 0 Å². The fraction of sp³-hybridized carbons (Fsp3) is 0.312. The molecule has 2 aromatic carbocycles. The summed E-state index contributed by atoms with van der Waals surface area (Å²) in [6.45, 7) is 6.29. The van der Waals surface area contributed by atoms with Crippen LogP contribution in [0.25, 0.3) is 0 Å². The minimum atomic E-state index is -0.368. The van der Waals surface area contributed by atoms with Crippen molar-refractivity contribution in [3.05, 3.63) is 105 Å². The summed E-state index contributed by atoms with van der Waals surface area (Å²) < 4.78 is 9.40. The fourth-order valence-electron chi connectivity index (χ4n) is 5.23. The van der Waals surface area contributed by atoms with Gasteiger partial charge in [-0.1, -0.05) is 74.3 Å². The maximum atomic E-state index is 13.2. The number of carbonyl (C=O) groups is 1. The predicted molar refractivity (Wildman–Crippen MR) is 171 cm³/mol. The Morgan fingerprint density at radius 3 is 2.45 bits per heavy atom. The van der Waals surface area contributed by atoms with Crippen molar-refractivity contribution in [2.75, 3.05) is 11.9 Å². The highest BCUT2D eigenvalue weighted by atomic mass is 35.5. The standard InChI is InChI=1S/C32H35Cl2N7O3/c1-32(2,3)26-17-28(41(39-26)15-16-42)38-31(43)37-24-12-13-25(21-8-5-4-7-20(21)24)44-19-11-14-27(35)40(18-19)30(36)29-22(33)9-6-10-23(29)34/h4-11,14,17-18,24-25,35-36,42H,12-13,15-16H2,1-3H3,(H2,37,38,43)/t24-,25+/m0/s1. The van der Waals surface area contributed by atoms with Crippen molar-refractivity contribution in [2.45, 2.75) is 57.7 Å². The summed E-state index contributed by atoms with van der Waals surface area (Å²) in [4.78, 5) is 13.2. The van der Waals surface area contributed by atoms with E-state index in [9.17, 15) is 9.90 Å². The Labute approximate surface area is 265 Å². The minimum Gasteiger partial charge on any atom is -0.484 e. The molecule has 0 unspecified atom stereocenters. The topological polar surface area (TPSA) is 141 Å². The molecule has 1 aliphatic carbocycles. The zero-order valence-corrected chi connectivity index (χ0v) is 26.2. The smallest absolute Gasteiger partial charge is 0.320 e. The Kier molecular flexibility index (Phi) is 9.15. The number of aliphatic hydroxyl groups excluding tert-OH is 1. The maximum Gasteiger partial charge on any atom is 0.320 e. The molecular formula is C32H35Cl2N7O3. The van der Waals surface area contributed by atoms with Crippen LogP contribution < -0.4 is 20.9 Å². The normalized spacial score (nSPS) is 16.2. The zero-order chi connectivity index (χ0) is 31.6. The Hall–Kier alpha value is -4.12. The number of nitrogens with one attached hydrogen (secondary N) is 4. The first kappa shape index (κ1) is 31.3. The third-order valence-electron chi connectivity index (χ3n) is 7.48. The van der Waals surface area contributed by atoms with E-state index in [1.165, 1.54) is 4.57 Å². The summed E-state index contributed by atoms with van der Waals surface area (Å²) >= 11 is 12.7. The number of halogens is 2. The lowest BCUT2D eigenvalue weighted by molar-refractivity contribution is 0.171. The number of hydrogen-bond acceptors (Lipinski definition) is 6. The number of urea groups is 1. The van der Waals surface area contributed by atoms with E-state index >= 15 is 0 Å². The fourth-order valence-corrected chi connectivity index (χ4v) is 5.80. The zero-order valence-electron chi connectivity index (χ0n) is 24.7. The monoisotopic (exact) mass is 635 g/mol. The number of pyridine rings is 1. The first-order valence-electron chi connectivity index (χ1n) is 14.3. The summed E-state index contributed by atoms with van der Waals surface area (Å²) in [6, 6.07) is 17.3. The second-order valence-corrected chi connectivity index (χ2v) is 12.5. The molecule has 10 nitrogen and oxygen atoms in total. The maximum absolute atomic E-state index is 13.2. The van der Waals surface area contributed by atoms with E-state index in [0.717, 1.165) is 16.8 Å². The number of aromatic nitrogens is 3. The molecule has 0 aliphatic heterocycles. The van der Waals surface area contributed by atoms with Crippen LogP contribution in [0.2, 0.25) is 10.0 Å². The third-order valence-corrected chi connectivity index (χ3v) is 8.11. The van der Waals surface area contributed by atoms with E-state index in [-0.39, 0.29) is 48.1 Å². The number of nitrogens with zero attached hydrogens (tertiary/aromatic N) is 3. The van der Waals surface area contributed by atoms with E-state index in [1.807, 2.05) is 51.1 Å². The lowest BCUT2D eigenvalue weighted by atomic mass is 9.85. The lowest BCUT2D eigenvalue weighted by Crippen LogP contribution is -2.36. The molecule has 0 fully saturated rings. The highest BCUT2D eigenvalue weighted by Crippen LogP contribution is 2.39. The molecule has 0 saturated carbocycles. The van der Waals surface area contributed by atoms with Gasteiger partial charge < -0.3 is 15.2 Å². The number of rotatable bonds is 7. The van der Waals surface area contributed by atoms with E-state index in [0.29, 0.717) is 40.0 Å². The van der Waals surface area contributed by atoms with Crippen LogP contribution in [0.5, 0.6) is 5.75 Å². The first-order chi connectivity index (χ1) is 21.0. The molecule has 0 bridgehead atoms. The molecule has 5 N–H and O–H groups in total. The van der Waals surface area contributed by atoms with Gasteiger partial charge in [0.05, 0.1) is 46.7 Å². The summed E-state index contributed by atoms with van der Waals surface area (Å²) in [5.74, 6) is 0.955. The number of benzene rings is 2. The van der Waals surface area contributed by atoms with Crippen LogP contribution in [0.15, 0.2) is 66.9 Å². The summed E-state index contributed by atoms with van der Waals surface area (Å²) in [5, 5.41) is 37.8. The number of fused-ring (bicyclic) bond motifs is 1. The van der Waals surface area contributed by atoms with Crippen molar-refractivity contribution >= 4 is 40.9 Å². The van der Waals surface area contributed by atoms with E-state index in [1.54, 1.807) is 41.2 Å². The number of amides is 2. The number of aliphatic hydroxyl groups is 1. The van der Waals surface area contributed by atoms with E-state index in [4.69, 9.17) is 38.8 Å².